The molecule has 2 aromatic carbocycles. The highest BCUT2D eigenvalue weighted by Crippen LogP contribution is 2.40. The molecule has 0 unspecified atom stereocenters. The van der Waals surface area contributed by atoms with E-state index in [1.165, 1.54) is 27.6 Å². The van der Waals surface area contributed by atoms with Crippen molar-refractivity contribution in [2.75, 3.05) is 19.6 Å². The second-order valence-corrected chi connectivity index (χ2v) is 10.1. The third kappa shape index (κ3) is 3.12. The van der Waals surface area contributed by atoms with Gasteiger partial charge in [-0.3, -0.25) is 14.6 Å². The summed E-state index contributed by atoms with van der Waals surface area (Å²) in [6.45, 7) is 5.08. The van der Waals surface area contributed by atoms with Gasteiger partial charge in [-0.1, -0.05) is 42.5 Å². The zero-order chi connectivity index (χ0) is 23.4. The van der Waals surface area contributed by atoms with Crippen LogP contribution in [0.4, 0.5) is 4.79 Å². The normalized spacial score (nSPS) is 20.8. The van der Waals surface area contributed by atoms with Gasteiger partial charge >= 0.3 is 6.03 Å². The van der Waals surface area contributed by atoms with Gasteiger partial charge in [-0.05, 0) is 55.4 Å². The molecule has 176 valence electrons. The second-order valence-electron chi connectivity index (χ2n) is 10.1. The molecule has 1 aromatic heterocycles. The highest BCUT2D eigenvalue weighted by molar-refractivity contribution is 6.07. The van der Waals surface area contributed by atoms with Gasteiger partial charge in [0.15, 0.2) is 0 Å². The van der Waals surface area contributed by atoms with Gasteiger partial charge in [0.25, 0.3) is 5.91 Å². The Morgan fingerprint density at radius 1 is 0.941 bits per heavy atom. The van der Waals surface area contributed by atoms with E-state index in [9.17, 15) is 9.59 Å². The maximum absolute atomic E-state index is 13.9. The van der Waals surface area contributed by atoms with Crippen molar-refractivity contribution < 1.29 is 9.59 Å². The van der Waals surface area contributed by atoms with Gasteiger partial charge in [-0.2, -0.15) is 0 Å². The molecule has 2 aliphatic heterocycles. The van der Waals surface area contributed by atoms with Crippen molar-refractivity contribution >= 4 is 22.8 Å². The smallest absolute Gasteiger partial charge is 0.327 e. The maximum Gasteiger partial charge on any atom is 0.327 e. The Morgan fingerprint density at radius 2 is 1.59 bits per heavy atom. The van der Waals surface area contributed by atoms with Crippen LogP contribution in [0.2, 0.25) is 0 Å². The van der Waals surface area contributed by atoms with Crippen LogP contribution in [0.15, 0.2) is 54.7 Å². The summed E-state index contributed by atoms with van der Waals surface area (Å²) in [5.41, 5.74) is 4.41. The van der Waals surface area contributed by atoms with Crippen LogP contribution in [0.1, 0.15) is 36.5 Å². The SMILES string of the molecule is CCN1C(=O)N(C2Cc3ccccc3C2)C(=O)C12CCN(Cc1cn(C)c3ccccc13)CC2. The number of benzene rings is 2. The Balaban J connectivity index is 1.20. The molecule has 0 saturated carbocycles. The van der Waals surface area contributed by atoms with Crippen molar-refractivity contribution in [2.24, 2.45) is 7.05 Å². The zero-order valence-electron chi connectivity index (χ0n) is 20.0. The quantitative estimate of drug-likeness (QED) is 0.559. The third-order valence-corrected chi connectivity index (χ3v) is 8.34. The topological polar surface area (TPSA) is 48.8 Å². The number of likely N-dealkylation sites (tertiary alicyclic amines) is 1. The summed E-state index contributed by atoms with van der Waals surface area (Å²) in [5.74, 6) is 0.0296. The third-order valence-electron chi connectivity index (χ3n) is 8.34. The van der Waals surface area contributed by atoms with Crippen LogP contribution < -0.4 is 0 Å². The van der Waals surface area contributed by atoms with Crippen LogP contribution >= 0.6 is 0 Å². The van der Waals surface area contributed by atoms with Crippen LogP contribution in [0.25, 0.3) is 10.9 Å². The lowest BCUT2D eigenvalue weighted by Gasteiger charge is -2.42. The number of para-hydroxylation sites is 1. The highest BCUT2D eigenvalue weighted by atomic mass is 16.2. The van der Waals surface area contributed by atoms with Crippen LogP contribution in [0.5, 0.6) is 0 Å². The molecular formula is C28H32N4O2. The van der Waals surface area contributed by atoms with Gasteiger partial charge < -0.3 is 9.47 Å². The van der Waals surface area contributed by atoms with Crippen molar-refractivity contribution in [1.82, 2.24) is 19.3 Å². The summed E-state index contributed by atoms with van der Waals surface area (Å²) in [4.78, 5) is 33.3. The van der Waals surface area contributed by atoms with Gasteiger partial charge in [0.05, 0.1) is 0 Å². The average Bonchev–Trinajstić information content (AvgIpc) is 3.47. The minimum absolute atomic E-state index is 0.0296. The summed E-state index contributed by atoms with van der Waals surface area (Å²) >= 11 is 0. The number of hydrogen-bond donors (Lipinski definition) is 0. The first-order chi connectivity index (χ1) is 16.5. The van der Waals surface area contributed by atoms with Crippen LogP contribution in [0.3, 0.4) is 0 Å². The number of likely N-dealkylation sites (N-methyl/N-ethyl adjacent to an activating group) is 1. The maximum atomic E-state index is 13.9. The number of carbonyl (C=O) groups excluding carboxylic acids is 2. The monoisotopic (exact) mass is 456 g/mol. The number of urea groups is 1. The van der Waals surface area contributed by atoms with Gasteiger partial charge in [-0.15, -0.1) is 0 Å². The molecule has 34 heavy (non-hydrogen) atoms. The summed E-state index contributed by atoms with van der Waals surface area (Å²) in [5, 5.41) is 1.29. The first-order valence-electron chi connectivity index (χ1n) is 12.5. The van der Waals surface area contributed by atoms with Gasteiger partial charge in [0.1, 0.15) is 5.54 Å². The van der Waals surface area contributed by atoms with Crippen molar-refractivity contribution in [2.45, 2.75) is 50.7 Å². The van der Waals surface area contributed by atoms with E-state index in [0.717, 1.165) is 32.5 Å². The highest BCUT2D eigenvalue weighted by Gasteiger charge is 2.59. The fraction of sp³-hybridized carbons (Fsp3) is 0.429. The molecular weight excluding hydrogens is 424 g/mol. The Morgan fingerprint density at radius 3 is 2.26 bits per heavy atom. The number of imide groups is 1. The molecule has 1 aliphatic carbocycles. The van der Waals surface area contributed by atoms with Crippen molar-refractivity contribution in [3.05, 3.63) is 71.4 Å². The van der Waals surface area contributed by atoms with E-state index in [1.807, 2.05) is 24.0 Å². The molecule has 6 heteroatoms. The second kappa shape index (κ2) is 7.98. The predicted octanol–water partition coefficient (Wildman–Crippen LogP) is 3.96. The standard InChI is InChI=1S/C28H32N4O2/c1-3-31-27(34)32(23-16-20-8-4-5-9-21(20)17-23)26(33)28(31)12-14-30(15-13-28)19-22-18-29(2)25-11-7-6-10-24(22)25/h4-11,18,23H,3,12-17,19H2,1-2H3. The molecule has 6 rings (SSSR count). The summed E-state index contributed by atoms with van der Waals surface area (Å²) in [6, 6.07) is 16.7. The largest absolute Gasteiger partial charge is 0.350 e. The molecule has 3 heterocycles. The molecule has 0 atom stereocenters. The number of carbonyl (C=O) groups is 2. The van der Waals surface area contributed by atoms with Crippen molar-refractivity contribution in [1.29, 1.82) is 0 Å². The molecule has 3 amide bonds. The number of aryl methyl sites for hydroxylation is 1. The lowest BCUT2D eigenvalue weighted by Crippen LogP contribution is -2.56. The average molecular weight is 457 g/mol. The lowest BCUT2D eigenvalue weighted by molar-refractivity contribution is -0.137. The fourth-order valence-electron chi connectivity index (χ4n) is 6.58. The number of rotatable bonds is 4. The Kier molecular flexibility index (Phi) is 5.03. The summed E-state index contributed by atoms with van der Waals surface area (Å²) in [7, 11) is 2.09. The van der Waals surface area contributed by atoms with Crippen LogP contribution in [-0.2, 0) is 31.2 Å². The van der Waals surface area contributed by atoms with Gasteiger partial charge in [0.2, 0.25) is 0 Å². The minimum atomic E-state index is -0.685. The van der Waals surface area contributed by atoms with Crippen LogP contribution in [-0.4, -0.2) is 62.4 Å². The molecule has 2 saturated heterocycles. The van der Waals surface area contributed by atoms with E-state index in [4.69, 9.17) is 0 Å². The van der Waals surface area contributed by atoms with E-state index in [2.05, 4.69) is 59.1 Å². The van der Waals surface area contributed by atoms with Crippen molar-refractivity contribution in [3.8, 4) is 0 Å². The summed E-state index contributed by atoms with van der Waals surface area (Å²) in [6.07, 6.45) is 5.17. The molecule has 0 N–H and O–H groups in total. The van der Waals surface area contributed by atoms with Gasteiger partial charge in [-0.25, -0.2) is 4.79 Å². The number of nitrogens with zero attached hydrogens (tertiary/aromatic N) is 4. The molecule has 0 radical (unpaired) electrons. The predicted molar refractivity (Wildman–Crippen MR) is 132 cm³/mol. The zero-order valence-corrected chi connectivity index (χ0v) is 20.0. The summed E-state index contributed by atoms with van der Waals surface area (Å²) < 4.78 is 2.19. The number of hydrogen-bond acceptors (Lipinski definition) is 3. The first kappa shape index (κ1) is 21.4. The Labute approximate surface area is 200 Å². The minimum Gasteiger partial charge on any atom is -0.350 e. The molecule has 6 nitrogen and oxygen atoms in total. The Hall–Kier alpha value is -3.12. The van der Waals surface area contributed by atoms with E-state index in [-0.39, 0.29) is 18.0 Å². The van der Waals surface area contributed by atoms with E-state index >= 15 is 0 Å². The first-order valence-corrected chi connectivity index (χ1v) is 12.5. The fourth-order valence-corrected chi connectivity index (χ4v) is 6.58. The van der Waals surface area contributed by atoms with Gasteiger partial charge in [0, 0.05) is 56.4 Å². The number of fused-ring (bicyclic) bond motifs is 2. The molecule has 3 aliphatic rings. The number of aromatic nitrogens is 1. The van der Waals surface area contributed by atoms with E-state index < -0.39 is 5.54 Å². The van der Waals surface area contributed by atoms with E-state index in [0.29, 0.717) is 19.4 Å². The van der Waals surface area contributed by atoms with Crippen molar-refractivity contribution in [3.63, 3.8) is 0 Å². The lowest BCUT2D eigenvalue weighted by atomic mass is 9.85. The van der Waals surface area contributed by atoms with E-state index in [1.54, 1.807) is 4.90 Å². The molecule has 2 fully saturated rings. The number of amides is 3. The Bertz CT molecular complexity index is 1250. The molecule has 3 aromatic rings. The number of piperidine rings is 1. The molecule has 1 spiro atoms. The van der Waals surface area contributed by atoms with Crippen LogP contribution in [0, 0.1) is 0 Å². The molecule has 0 bridgehead atoms.